The molecule has 2 aromatic carbocycles. The second-order valence-electron chi connectivity index (χ2n) is 5.23. The van der Waals surface area contributed by atoms with E-state index in [9.17, 15) is 0 Å². The van der Waals surface area contributed by atoms with Gasteiger partial charge in [0.05, 0.1) is 5.02 Å². The molecular weight excluding hydrogens is 346 g/mol. The number of nitrogens with one attached hydrogen (secondary N) is 1. The van der Waals surface area contributed by atoms with Gasteiger partial charge in [0.15, 0.2) is 11.5 Å². The van der Waals surface area contributed by atoms with Crippen molar-refractivity contribution in [3.05, 3.63) is 53.1 Å². The summed E-state index contributed by atoms with van der Waals surface area (Å²) in [5, 5.41) is 13.9. The molecule has 0 saturated carbocycles. The Kier molecular flexibility index (Phi) is 4.23. The van der Waals surface area contributed by atoms with Crippen molar-refractivity contribution in [3.8, 4) is 22.1 Å². The van der Waals surface area contributed by atoms with E-state index in [0.717, 1.165) is 21.3 Å². The molecule has 0 amide bonds. The van der Waals surface area contributed by atoms with Gasteiger partial charge in [-0.05, 0) is 17.7 Å². The third-order valence-corrected chi connectivity index (χ3v) is 4.76. The number of anilines is 1. The van der Waals surface area contributed by atoms with Crippen molar-refractivity contribution in [3.63, 3.8) is 0 Å². The quantitative estimate of drug-likeness (QED) is 0.755. The van der Waals surface area contributed by atoms with Crippen LogP contribution in [0.1, 0.15) is 5.56 Å². The molecule has 4 rings (SSSR count). The fourth-order valence-electron chi connectivity index (χ4n) is 2.44. The molecule has 0 saturated heterocycles. The molecule has 5 nitrogen and oxygen atoms in total. The molecule has 3 aromatic rings. The van der Waals surface area contributed by atoms with Gasteiger partial charge in [-0.25, -0.2) is 0 Å². The molecule has 0 radical (unpaired) electrons. The molecular formula is C17H14ClN3O2S. The molecule has 1 aliphatic heterocycles. The van der Waals surface area contributed by atoms with Crippen LogP contribution in [0.2, 0.25) is 5.02 Å². The Morgan fingerprint density at radius 2 is 1.92 bits per heavy atom. The molecule has 0 aliphatic carbocycles. The molecule has 2 heterocycles. The zero-order valence-corrected chi connectivity index (χ0v) is 14.2. The molecule has 1 N–H and O–H groups in total. The van der Waals surface area contributed by atoms with E-state index in [1.165, 1.54) is 11.3 Å². The van der Waals surface area contributed by atoms with E-state index < -0.39 is 0 Å². The minimum Gasteiger partial charge on any atom is -0.486 e. The van der Waals surface area contributed by atoms with E-state index in [1.807, 2.05) is 42.5 Å². The van der Waals surface area contributed by atoms with Crippen LogP contribution in [0.25, 0.3) is 10.6 Å². The van der Waals surface area contributed by atoms with Crippen LogP contribution in [-0.4, -0.2) is 23.4 Å². The van der Waals surface area contributed by atoms with Gasteiger partial charge in [-0.15, -0.1) is 10.2 Å². The molecule has 24 heavy (non-hydrogen) atoms. The van der Waals surface area contributed by atoms with Gasteiger partial charge < -0.3 is 14.8 Å². The Balaban J connectivity index is 1.48. The summed E-state index contributed by atoms with van der Waals surface area (Å²) in [6.07, 6.45) is 0. The number of aromatic nitrogens is 2. The number of halogens is 1. The molecule has 1 aliphatic rings. The Hall–Kier alpha value is -2.31. The zero-order chi connectivity index (χ0) is 16.4. The van der Waals surface area contributed by atoms with E-state index in [1.54, 1.807) is 0 Å². The lowest BCUT2D eigenvalue weighted by Gasteiger charge is -2.20. The Morgan fingerprint density at radius 1 is 1.08 bits per heavy atom. The summed E-state index contributed by atoms with van der Waals surface area (Å²) in [6, 6.07) is 13.8. The number of benzene rings is 2. The molecule has 122 valence electrons. The standard InChI is InChI=1S/C17H14ClN3O2S/c18-13-8-11(9-14-15(13)23-7-6-22-14)10-19-17-21-20-16(24-17)12-4-2-1-3-5-12/h1-5,8-9H,6-7,10H2,(H,19,21). The lowest BCUT2D eigenvalue weighted by atomic mass is 10.2. The number of ether oxygens (including phenoxy) is 2. The van der Waals surface area contributed by atoms with E-state index in [2.05, 4.69) is 15.5 Å². The number of hydrogen-bond donors (Lipinski definition) is 1. The summed E-state index contributed by atoms with van der Waals surface area (Å²) in [7, 11) is 0. The number of hydrogen-bond acceptors (Lipinski definition) is 6. The zero-order valence-electron chi connectivity index (χ0n) is 12.7. The third-order valence-electron chi connectivity index (χ3n) is 3.55. The topological polar surface area (TPSA) is 56.3 Å². The fourth-order valence-corrected chi connectivity index (χ4v) is 3.47. The Labute approximate surface area is 148 Å². The third kappa shape index (κ3) is 3.16. The van der Waals surface area contributed by atoms with Gasteiger partial charge in [0, 0.05) is 12.1 Å². The lowest BCUT2D eigenvalue weighted by Crippen LogP contribution is -2.16. The van der Waals surface area contributed by atoms with Crippen LogP contribution in [0.3, 0.4) is 0 Å². The minimum absolute atomic E-state index is 0.525. The first-order valence-electron chi connectivity index (χ1n) is 7.50. The lowest BCUT2D eigenvalue weighted by molar-refractivity contribution is 0.171. The largest absolute Gasteiger partial charge is 0.486 e. The highest BCUT2D eigenvalue weighted by molar-refractivity contribution is 7.18. The average molecular weight is 360 g/mol. The molecule has 0 fully saturated rings. The van der Waals surface area contributed by atoms with E-state index in [-0.39, 0.29) is 0 Å². The van der Waals surface area contributed by atoms with E-state index in [4.69, 9.17) is 21.1 Å². The van der Waals surface area contributed by atoms with E-state index >= 15 is 0 Å². The second-order valence-corrected chi connectivity index (χ2v) is 6.62. The number of rotatable bonds is 4. The molecule has 1 aromatic heterocycles. The Morgan fingerprint density at radius 3 is 2.79 bits per heavy atom. The van der Waals surface area contributed by atoms with Gasteiger partial charge in [-0.1, -0.05) is 53.3 Å². The van der Waals surface area contributed by atoms with Crippen molar-refractivity contribution >= 4 is 28.1 Å². The summed E-state index contributed by atoms with van der Waals surface area (Å²) in [5.41, 5.74) is 2.06. The van der Waals surface area contributed by atoms with Crippen LogP contribution in [0, 0.1) is 0 Å². The van der Waals surface area contributed by atoms with Crippen LogP contribution in [-0.2, 0) is 6.54 Å². The molecule has 0 bridgehead atoms. The summed E-state index contributed by atoms with van der Waals surface area (Å²) in [4.78, 5) is 0. The number of fused-ring (bicyclic) bond motifs is 1. The summed E-state index contributed by atoms with van der Waals surface area (Å²) in [5.74, 6) is 1.31. The predicted molar refractivity (Wildman–Crippen MR) is 95.1 cm³/mol. The smallest absolute Gasteiger partial charge is 0.206 e. The van der Waals surface area contributed by atoms with Crippen LogP contribution in [0.5, 0.6) is 11.5 Å². The van der Waals surface area contributed by atoms with Crippen molar-refractivity contribution in [2.45, 2.75) is 6.54 Å². The Bertz CT molecular complexity index is 854. The molecule has 0 unspecified atom stereocenters. The van der Waals surface area contributed by atoms with Crippen LogP contribution in [0.15, 0.2) is 42.5 Å². The maximum absolute atomic E-state index is 6.26. The van der Waals surface area contributed by atoms with Gasteiger partial charge in [-0.2, -0.15) is 0 Å². The second kappa shape index (κ2) is 6.67. The fraction of sp³-hybridized carbons (Fsp3) is 0.176. The summed E-state index contributed by atoms with van der Waals surface area (Å²) < 4.78 is 11.1. The molecule has 7 heteroatoms. The highest BCUT2D eigenvalue weighted by Crippen LogP contribution is 2.38. The minimum atomic E-state index is 0.525. The maximum atomic E-state index is 6.26. The van der Waals surface area contributed by atoms with Gasteiger partial charge in [0.1, 0.15) is 18.2 Å². The SMILES string of the molecule is Clc1cc(CNc2nnc(-c3ccccc3)s2)cc2c1OCCO2. The average Bonchev–Trinajstić information content (AvgIpc) is 3.10. The first kappa shape index (κ1) is 15.2. The molecule has 0 atom stereocenters. The highest BCUT2D eigenvalue weighted by atomic mass is 35.5. The van der Waals surface area contributed by atoms with Crippen LogP contribution >= 0.6 is 22.9 Å². The van der Waals surface area contributed by atoms with Gasteiger partial charge in [-0.3, -0.25) is 0 Å². The van der Waals surface area contributed by atoms with Gasteiger partial charge >= 0.3 is 0 Å². The first-order valence-corrected chi connectivity index (χ1v) is 8.70. The highest BCUT2D eigenvalue weighted by Gasteiger charge is 2.16. The first-order chi connectivity index (χ1) is 11.8. The van der Waals surface area contributed by atoms with Gasteiger partial charge in [0.25, 0.3) is 0 Å². The van der Waals surface area contributed by atoms with Crippen molar-refractivity contribution in [1.29, 1.82) is 0 Å². The van der Waals surface area contributed by atoms with Crippen LogP contribution in [0.4, 0.5) is 5.13 Å². The summed E-state index contributed by atoms with van der Waals surface area (Å²) >= 11 is 7.77. The van der Waals surface area contributed by atoms with E-state index in [0.29, 0.717) is 36.3 Å². The molecule has 0 spiro atoms. The van der Waals surface area contributed by atoms with Crippen molar-refractivity contribution in [1.82, 2.24) is 10.2 Å². The number of nitrogens with zero attached hydrogens (tertiary/aromatic N) is 2. The van der Waals surface area contributed by atoms with Crippen molar-refractivity contribution < 1.29 is 9.47 Å². The van der Waals surface area contributed by atoms with Crippen LogP contribution < -0.4 is 14.8 Å². The predicted octanol–water partition coefficient (Wildman–Crippen LogP) is 4.24. The van der Waals surface area contributed by atoms with Gasteiger partial charge in [0.2, 0.25) is 5.13 Å². The maximum Gasteiger partial charge on any atom is 0.206 e. The normalized spacial score (nSPS) is 12.9. The van der Waals surface area contributed by atoms with Crippen molar-refractivity contribution in [2.24, 2.45) is 0 Å². The van der Waals surface area contributed by atoms with Crippen molar-refractivity contribution in [2.75, 3.05) is 18.5 Å². The monoisotopic (exact) mass is 359 g/mol. The summed E-state index contributed by atoms with van der Waals surface area (Å²) in [6.45, 7) is 1.65.